The van der Waals surface area contributed by atoms with Crippen LogP contribution in [-0.4, -0.2) is 31.2 Å². The van der Waals surface area contributed by atoms with E-state index in [0.29, 0.717) is 6.79 Å². The third kappa shape index (κ3) is 1.94. The van der Waals surface area contributed by atoms with Crippen LogP contribution < -0.4 is 0 Å². The van der Waals surface area contributed by atoms with E-state index in [0.717, 1.165) is 19.3 Å². The second-order valence-corrected chi connectivity index (χ2v) is 2.61. The van der Waals surface area contributed by atoms with Gasteiger partial charge in [-0.05, 0) is 19.3 Å². The van der Waals surface area contributed by atoms with Gasteiger partial charge in [-0.1, -0.05) is 0 Å². The molecule has 0 aromatic heterocycles. The van der Waals surface area contributed by atoms with E-state index in [-0.39, 0.29) is 12.2 Å². The minimum Gasteiger partial charge on any atom is -0.390 e. The molecule has 1 aliphatic carbocycles. The number of hydrogen-bond acceptors (Lipinski definition) is 3. The number of hydrogen-bond donors (Lipinski definition) is 1. The fourth-order valence-electron chi connectivity index (χ4n) is 1.26. The van der Waals surface area contributed by atoms with Gasteiger partial charge in [0.25, 0.3) is 0 Å². The second-order valence-electron chi connectivity index (χ2n) is 2.61. The zero-order valence-corrected chi connectivity index (χ0v) is 6.25. The first-order valence-electron chi connectivity index (χ1n) is 3.63. The first-order chi connectivity index (χ1) is 4.84. The summed E-state index contributed by atoms with van der Waals surface area (Å²) in [7, 11) is 1.58. The molecule has 0 aliphatic heterocycles. The van der Waals surface area contributed by atoms with Crippen LogP contribution in [0.1, 0.15) is 19.3 Å². The van der Waals surface area contributed by atoms with Crippen molar-refractivity contribution in [3.63, 3.8) is 0 Å². The van der Waals surface area contributed by atoms with Crippen LogP contribution >= 0.6 is 0 Å². The summed E-state index contributed by atoms with van der Waals surface area (Å²) in [4.78, 5) is 0. The topological polar surface area (TPSA) is 38.7 Å². The van der Waals surface area contributed by atoms with E-state index in [2.05, 4.69) is 0 Å². The van der Waals surface area contributed by atoms with Crippen molar-refractivity contribution >= 4 is 0 Å². The molecule has 0 aromatic carbocycles. The molecule has 2 unspecified atom stereocenters. The Morgan fingerprint density at radius 1 is 1.50 bits per heavy atom. The van der Waals surface area contributed by atoms with Gasteiger partial charge in [0.05, 0.1) is 12.2 Å². The zero-order chi connectivity index (χ0) is 7.40. The summed E-state index contributed by atoms with van der Waals surface area (Å²) in [6, 6.07) is 0. The molecule has 3 nitrogen and oxygen atoms in total. The van der Waals surface area contributed by atoms with E-state index in [4.69, 9.17) is 9.47 Å². The molecule has 10 heavy (non-hydrogen) atoms. The third-order valence-electron chi connectivity index (χ3n) is 1.82. The van der Waals surface area contributed by atoms with Crippen LogP contribution in [0.15, 0.2) is 0 Å². The molecule has 0 radical (unpaired) electrons. The van der Waals surface area contributed by atoms with Gasteiger partial charge in [-0.2, -0.15) is 0 Å². The number of aliphatic hydroxyl groups excluding tert-OH is 1. The van der Waals surface area contributed by atoms with Crippen molar-refractivity contribution in [2.75, 3.05) is 13.9 Å². The van der Waals surface area contributed by atoms with Crippen LogP contribution in [-0.2, 0) is 9.47 Å². The van der Waals surface area contributed by atoms with E-state index in [1.807, 2.05) is 0 Å². The minimum absolute atomic E-state index is 0.0138. The smallest absolute Gasteiger partial charge is 0.146 e. The largest absolute Gasteiger partial charge is 0.390 e. The van der Waals surface area contributed by atoms with Crippen molar-refractivity contribution in [1.82, 2.24) is 0 Å². The monoisotopic (exact) mass is 146 g/mol. The van der Waals surface area contributed by atoms with Gasteiger partial charge in [-0.25, -0.2) is 0 Å². The molecule has 1 aliphatic rings. The quantitative estimate of drug-likeness (QED) is 0.590. The maximum Gasteiger partial charge on any atom is 0.146 e. The normalized spacial score (nSPS) is 33.0. The molecule has 0 amide bonds. The Morgan fingerprint density at radius 3 is 2.80 bits per heavy atom. The van der Waals surface area contributed by atoms with E-state index >= 15 is 0 Å². The fraction of sp³-hybridized carbons (Fsp3) is 1.00. The maximum absolute atomic E-state index is 9.24. The van der Waals surface area contributed by atoms with Crippen LogP contribution in [0.4, 0.5) is 0 Å². The highest BCUT2D eigenvalue weighted by atomic mass is 16.7. The van der Waals surface area contributed by atoms with E-state index in [1.165, 1.54) is 0 Å². The van der Waals surface area contributed by atoms with Crippen LogP contribution in [0.25, 0.3) is 0 Å². The zero-order valence-electron chi connectivity index (χ0n) is 6.25. The summed E-state index contributed by atoms with van der Waals surface area (Å²) in [5, 5.41) is 9.24. The lowest BCUT2D eigenvalue weighted by Crippen LogP contribution is -2.23. The number of methoxy groups -OCH3 is 1. The van der Waals surface area contributed by atoms with Crippen LogP contribution in [0, 0.1) is 0 Å². The molecule has 1 N–H and O–H groups in total. The highest BCUT2D eigenvalue weighted by Crippen LogP contribution is 2.21. The highest BCUT2D eigenvalue weighted by molar-refractivity contribution is 4.76. The van der Waals surface area contributed by atoms with Crippen molar-refractivity contribution in [1.29, 1.82) is 0 Å². The van der Waals surface area contributed by atoms with E-state index in [9.17, 15) is 5.11 Å². The molecule has 1 saturated carbocycles. The summed E-state index contributed by atoms with van der Waals surface area (Å²) in [6.45, 7) is 0.293. The number of ether oxygens (including phenoxy) is 2. The Balaban J connectivity index is 2.14. The maximum atomic E-state index is 9.24. The summed E-state index contributed by atoms with van der Waals surface area (Å²) < 4.78 is 9.91. The molecular formula is C7H14O3. The molecular weight excluding hydrogens is 132 g/mol. The molecule has 1 rings (SSSR count). The molecule has 1 fully saturated rings. The fourth-order valence-corrected chi connectivity index (χ4v) is 1.26. The van der Waals surface area contributed by atoms with Gasteiger partial charge in [0, 0.05) is 7.11 Å². The van der Waals surface area contributed by atoms with Crippen LogP contribution in [0.3, 0.4) is 0 Å². The van der Waals surface area contributed by atoms with Crippen molar-refractivity contribution < 1.29 is 14.6 Å². The minimum atomic E-state index is -0.268. The van der Waals surface area contributed by atoms with Crippen molar-refractivity contribution in [2.45, 2.75) is 31.5 Å². The third-order valence-corrected chi connectivity index (χ3v) is 1.82. The van der Waals surface area contributed by atoms with Crippen molar-refractivity contribution in [3.8, 4) is 0 Å². The molecule has 3 heteroatoms. The van der Waals surface area contributed by atoms with Gasteiger partial charge in [-0.3, -0.25) is 0 Å². The Kier molecular flexibility index (Phi) is 3.12. The van der Waals surface area contributed by atoms with Crippen molar-refractivity contribution in [2.24, 2.45) is 0 Å². The number of aliphatic hydroxyl groups is 1. The van der Waals surface area contributed by atoms with Crippen LogP contribution in [0.2, 0.25) is 0 Å². The SMILES string of the molecule is COCOC1CCCC1O. The Morgan fingerprint density at radius 2 is 2.30 bits per heavy atom. The average Bonchev–Trinajstić information content (AvgIpc) is 2.31. The van der Waals surface area contributed by atoms with Gasteiger partial charge in [-0.15, -0.1) is 0 Å². The standard InChI is InChI=1S/C7H14O3/c1-9-5-10-7-4-2-3-6(7)8/h6-8H,2-5H2,1H3. The lowest BCUT2D eigenvalue weighted by atomic mass is 10.3. The predicted molar refractivity (Wildman–Crippen MR) is 36.6 cm³/mol. The first-order valence-corrected chi connectivity index (χ1v) is 3.63. The van der Waals surface area contributed by atoms with Gasteiger partial charge in [0.2, 0.25) is 0 Å². The first kappa shape index (κ1) is 7.98. The lowest BCUT2D eigenvalue weighted by Gasteiger charge is -2.13. The molecule has 0 saturated heterocycles. The number of rotatable bonds is 3. The van der Waals surface area contributed by atoms with E-state index < -0.39 is 0 Å². The molecule has 0 spiro atoms. The van der Waals surface area contributed by atoms with Gasteiger partial charge < -0.3 is 14.6 Å². The Labute approximate surface area is 60.9 Å². The van der Waals surface area contributed by atoms with Crippen LogP contribution in [0.5, 0.6) is 0 Å². The summed E-state index contributed by atoms with van der Waals surface area (Å²) in [6.07, 6.45) is 2.64. The summed E-state index contributed by atoms with van der Waals surface area (Å²) >= 11 is 0. The van der Waals surface area contributed by atoms with Crippen molar-refractivity contribution in [3.05, 3.63) is 0 Å². The van der Waals surface area contributed by atoms with Gasteiger partial charge >= 0.3 is 0 Å². The predicted octanol–water partition coefficient (Wildman–Crippen LogP) is 0.520. The molecule has 0 heterocycles. The molecule has 0 aromatic rings. The summed E-state index contributed by atoms with van der Waals surface area (Å²) in [5.74, 6) is 0. The Hall–Kier alpha value is -0.120. The lowest BCUT2D eigenvalue weighted by molar-refractivity contribution is -0.101. The van der Waals surface area contributed by atoms with Gasteiger partial charge in [0.1, 0.15) is 6.79 Å². The average molecular weight is 146 g/mol. The highest BCUT2D eigenvalue weighted by Gasteiger charge is 2.25. The second kappa shape index (κ2) is 3.91. The molecule has 60 valence electrons. The molecule has 2 atom stereocenters. The summed E-state index contributed by atoms with van der Waals surface area (Å²) in [5.41, 5.74) is 0. The van der Waals surface area contributed by atoms with Gasteiger partial charge in [0.15, 0.2) is 0 Å². The molecule has 0 bridgehead atoms. The van der Waals surface area contributed by atoms with E-state index in [1.54, 1.807) is 7.11 Å². The Bertz CT molecular complexity index is 94.9.